The molecule has 2 rings (SSSR count). The summed E-state index contributed by atoms with van der Waals surface area (Å²) in [5.41, 5.74) is 0. The van der Waals surface area contributed by atoms with Crippen LogP contribution in [0.4, 0.5) is 4.79 Å². The molecule has 0 saturated carbocycles. The first kappa shape index (κ1) is 18.8. The van der Waals surface area contributed by atoms with Crippen molar-refractivity contribution in [2.75, 3.05) is 20.0 Å². The summed E-state index contributed by atoms with van der Waals surface area (Å²) >= 11 is 0. The van der Waals surface area contributed by atoms with Crippen LogP contribution in [0.5, 0.6) is 0 Å². The molecule has 0 bridgehead atoms. The second kappa shape index (κ2) is 8.50. The molecule has 2 fully saturated rings. The lowest BCUT2D eigenvalue weighted by Gasteiger charge is -2.16. The Balaban J connectivity index is 1.57. The van der Waals surface area contributed by atoms with Crippen molar-refractivity contribution < 1.29 is 48.2 Å². The molecule has 138 valence electrons. The average molecular weight is 360 g/mol. The van der Waals surface area contributed by atoms with E-state index in [4.69, 9.17) is 9.57 Å². The normalized spacial score (nSPS) is 18.9. The van der Waals surface area contributed by atoms with Gasteiger partial charge < -0.3 is 14.6 Å². The third-order valence-corrected chi connectivity index (χ3v) is 3.15. The molecule has 12 heteroatoms. The fraction of sp³-hybridized carbons (Fsp3) is 0.615. The number of hydroxylamine groups is 4. The van der Waals surface area contributed by atoms with Crippen molar-refractivity contribution in [3.63, 3.8) is 0 Å². The van der Waals surface area contributed by atoms with E-state index in [1.54, 1.807) is 0 Å². The predicted molar refractivity (Wildman–Crippen MR) is 72.5 cm³/mol. The van der Waals surface area contributed by atoms with Crippen molar-refractivity contribution in [2.45, 2.75) is 31.8 Å². The third kappa shape index (κ3) is 5.20. The van der Waals surface area contributed by atoms with Crippen molar-refractivity contribution in [1.29, 1.82) is 0 Å². The Kier molecular flexibility index (Phi) is 6.38. The lowest BCUT2D eigenvalue weighted by molar-refractivity contribution is -0.220. The standard InChI is InChI=1S/C13H16N2O10/c16-8(5-22-7-24-14-9(17)1-2-10(14)18)6-23-13(21)25-15-11(19)3-4-12(15)20/h8,16H,1-7H2. The van der Waals surface area contributed by atoms with Crippen LogP contribution in [0.2, 0.25) is 0 Å². The van der Waals surface area contributed by atoms with Crippen LogP contribution in [0, 0.1) is 0 Å². The van der Waals surface area contributed by atoms with Crippen LogP contribution in [-0.4, -0.2) is 71.1 Å². The fourth-order valence-corrected chi connectivity index (χ4v) is 1.95. The lowest BCUT2D eigenvalue weighted by atomic mass is 10.4. The Bertz CT molecular complexity index is 545. The van der Waals surface area contributed by atoms with Crippen molar-refractivity contribution in [3.8, 4) is 0 Å². The van der Waals surface area contributed by atoms with Gasteiger partial charge in [-0.3, -0.25) is 24.0 Å². The molecule has 1 atom stereocenters. The second-order valence-electron chi connectivity index (χ2n) is 5.09. The van der Waals surface area contributed by atoms with Gasteiger partial charge in [0, 0.05) is 25.7 Å². The fourth-order valence-electron chi connectivity index (χ4n) is 1.95. The van der Waals surface area contributed by atoms with Crippen LogP contribution in [0.1, 0.15) is 25.7 Å². The number of ether oxygens (including phenoxy) is 2. The number of nitrogens with zero attached hydrogens (tertiary/aromatic N) is 2. The van der Waals surface area contributed by atoms with E-state index in [2.05, 4.69) is 9.57 Å². The first-order valence-corrected chi connectivity index (χ1v) is 7.33. The van der Waals surface area contributed by atoms with E-state index in [0.717, 1.165) is 0 Å². The Morgan fingerprint density at radius 3 is 2.00 bits per heavy atom. The first-order chi connectivity index (χ1) is 11.9. The highest BCUT2D eigenvalue weighted by Gasteiger charge is 2.33. The van der Waals surface area contributed by atoms with Crippen molar-refractivity contribution in [1.82, 2.24) is 10.1 Å². The second-order valence-corrected chi connectivity index (χ2v) is 5.09. The zero-order valence-electron chi connectivity index (χ0n) is 13.0. The zero-order valence-corrected chi connectivity index (χ0v) is 13.0. The molecule has 0 aromatic heterocycles. The Labute approximate surface area is 141 Å². The largest absolute Gasteiger partial charge is 0.534 e. The van der Waals surface area contributed by atoms with Crippen LogP contribution < -0.4 is 0 Å². The number of aliphatic hydroxyl groups is 1. The maximum absolute atomic E-state index is 11.3. The van der Waals surface area contributed by atoms with Crippen LogP contribution in [0.15, 0.2) is 0 Å². The molecule has 0 aromatic rings. The molecule has 25 heavy (non-hydrogen) atoms. The Morgan fingerprint density at radius 1 is 0.920 bits per heavy atom. The molecule has 1 unspecified atom stereocenters. The van der Waals surface area contributed by atoms with Gasteiger partial charge in [0.15, 0.2) is 6.79 Å². The van der Waals surface area contributed by atoms with Gasteiger partial charge in [0.25, 0.3) is 23.6 Å². The number of hydrogen-bond donors (Lipinski definition) is 1. The summed E-state index contributed by atoms with van der Waals surface area (Å²) in [6.07, 6.45) is -2.55. The van der Waals surface area contributed by atoms with Gasteiger partial charge in [-0.25, -0.2) is 9.63 Å². The number of hydrogen-bond acceptors (Lipinski definition) is 10. The van der Waals surface area contributed by atoms with Gasteiger partial charge in [0.1, 0.15) is 12.7 Å². The van der Waals surface area contributed by atoms with Crippen LogP contribution >= 0.6 is 0 Å². The molecule has 2 saturated heterocycles. The highest BCUT2D eigenvalue weighted by molar-refractivity contribution is 6.01. The van der Waals surface area contributed by atoms with E-state index in [1.807, 2.05) is 0 Å². The summed E-state index contributed by atoms with van der Waals surface area (Å²) in [7, 11) is 0. The van der Waals surface area contributed by atoms with Crippen molar-refractivity contribution >= 4 is 29.8 Å². The molecule has 0 radical (unpaired) electrons. The number of aliphatic hydroxyl groups excluding tert-OH is 1. The number of carbonyl (C=O) groups is 5. The number of rotatable bonds is 8. The predicted octanol–water partition coefficient (Wildman–Crippen LogP) is -1.38. The molecular weight excluding hydrogens is 344 g/mol. The third-order valence-electron chi connectivity index (χ3n) is 3.15. The average Bonchev–Trinajstić information content (AvgIpc) is 3.06. The summed E-state index contributed by atoms with van der Waals surface area (Å²) in [6.45, 7) is -1.32. The van der Waals surface area contributed by atoms with Gasteiger partial charge in [-0.2, -0.15) is 5.06 Å². The van der Waals surface area contributed by atoms with Gasteiger partial charge >= 0.3 is 6.16 Å². The van der Waals surface area contributed by atoms with Gasteiger partial charge in [-0.15, -0.1) is 0 Å². The zero-order chi connectivity index (χ0) is 18.4. The van der Waals surface area contributed by atoms with E-state index >= 15 is 0 Å². The number of imide groups is 2. The van der Waals surface area contributed by atoms with Gasteiger partial charge in [0.2, 0.25) is 0 Å². The summed E-state index contributed by atoms with van der Waals surface area (Å²) in [4.78, 5) is 65.5. The SMILES string of the molecule is O=C(OCC(O)COCON1C(=O)CCC1=O)ON1C(=O)CCC1=O. The minimum Gasteiger partial charge on any atom is -0.430 e. The van der Waals surface area contributed by atoms with Crippen LogP contribution in [-0.2, 0) is 38.3 Å². The first-order valence-electron chi connectivity index (χ1n) is 7.33. The molecule has 2 heterocycles. The van der Waals surface area contributed by atoms with Gasteiger partial charge in [-0.1, -0.05) is 5.06 Å². The summed E-state index contributed by atoms with van der Waals surface area (Å²) in [6, 6.07) is 0. The monoisotopic (exact) mass is 360 g/mol. The molecule has 2 aliphatic rings. The highest BCUT2D eigenvalue weighted by Crippen LogP contribution is 2.13. The quantitative estimate of drug-likeness (QED) is 0.237. The molecular formula is C13H16N2O10. The summed E-state index contributed by atoms with van der Waals surface area (Å²) in [5, 5.41) is 10.4. The molecule has 0 aliphatic carbocycles. The highest BCUT2D eigenvalue weighted by atomic mass is 16.8. The molecule has 2 aliphatic heterocycles. The lowest BCUT2D eigenvalue weighted by Crippen LogP contribution is -2.34. The van der Waals surface area contributed by atoms with Crippen LogP contribution in [0.3, 0.4) is 0 Å². The maximum atomic E-state index is 11.3. The summed E-state index contributed by atoms with van der Waals surface area (Å²) in [5.74, 6) is -2.28. The molecule has 1 N–H and O–H groups in total. The van der Waals surface area contributed by atoms with Crippen LogP contribution in [0.25, 0.3) is 0 Å². The maximum Gasteiger partial charge on any atom is 0.534 e. The van der Waals surface area contributed by atoms with E-state index in [1.165, 1.54) is 0 Å². The molecule has 0 spiro atoms. The molecule has 0 aromatic carbocycles. The van der Waals surface area contributed by atoms with E-state index in [-0.39, 0.29) is 32.3 Å². The van der Waals surface area contributed by atoms with E-state index in [9.17, 15) is 29.1 Å². The van der Waals surface area contributed by atoms with E-state index in [0.29, 0.717) is 10.1 Å². The summed E-state index contributed by atoms with van der Waals surface area (Å²) < 4.78 is 9.42. The Hall–Kier alpha value is -2.57. The van der Waals surface area contributed by atoms with Gasteiger partial charge in [0.05, 0.1) is 6.61 Å². The van der Waals surface area contributed by atoms with Crippen molar-refractivity contribution in [2.24, 2.45) is 0 Å². The number of amides is 4. The smallest absolute Gasteiger partial charge is 0.430 e. The minimum absolute atomic E-state index is 0.0510. The van der Waals surface area contributed by atoms with Gasteiger partial charge in [-0.05, 0) is 0 Å². The molecule has 12 nitrogen and oxygen atoms in total. The Morgan fingerprint density at radius 2 is 1.44 bits per heavy atom. The van der Waals surface area contributed by atoms with Crippen molar-refractivity contribution in [3.05, 3.63) is 0 Å². The topological polar surface area (TPSA) is 149 Å². The molecule has 4 amide bonds. The van der Waals surface area contributed by atoms with E-state index < -0.39 is 49.3 Å². The number of carbonyl (C=O) groups excluding carboxylic acids is 5. The minimum atomic E-state index is -1.33.